The highest BCUT2D eigenvalue weighted by atomic mass is 32.1. The summed E-state index contributed by atoms with van der Waals surface area (Å²) in [7, 11) is 0. The number of hydrogen-bond donors (Lipinski definition) is 2. The third-order valence-corrected chi connectivity index (χ3v) is 2.97. The van der Waals surface area contributed by atoms with Crippen LogP contribution in [0.5, 0.6) is 0 Å². The monoisotopic (exact) mass is 266 g/mol. The molecule has 0 aromatic carbocycles. The van der Waals surface area contributed by atoms with Gasteiger partial charge in [0, 0.05) is 12.5 Å². The van der Waals surface area contributed by atoms with Gasteiger partial charge in [0.2, 0.25) is 5.13 Å². The predicted octanol–water partition coefficient (Wildman–Crippen LogP) is 2.19. The SMILES string of the molecule is Cc1nnc(NC(=O)N[C@H](C)Cc2ccco2)s1. The Kier molecular flexibility index (Phi) is 3.93. The minimum Gasteiger partial charge on any atom is -0.469 e. The standard InChI is InChI=1S/C11H14N4O2S/c1-7(6-9-4-3-5-17-9)12-10(16)13-11-15-14-8(2)18-11/h3-5,7H,6H2,1-2H3,(H2,12,13,15,16)/t7-/m1/s1. The molecule has 0 bridgehead atoms. The van der Waals surface area contributed by atoms with Gasteiger partial charge < -0.3 is 9.73 Å². The van der Waals surface area contributed by atoms with E-state index < -0.39 is 0 Å². The number of anilines is 1. The van der Waals surface area contributed by atoms with E-state index in [9.17, 15) is 4.79 Å². The van der Waals surface area contributed by atoms with Crippen molar-refractivity contribution >= 4 is 22.5 Å². The summed E-state index contributed by atoms with van der Waals surface area (Å²) in [6.07, 6.45) is 2.27. The maximum absolute atomic E-state index is 11.6. The molecule has 0 radical (unpaired) electrons. The lowest BCUT2D eigenvalue weighted by molar-refractivity contribution is 0.248. The zero-order chi connectivity index (χ0) is 13.0. The molecule has 2 N–H and O–H groups in total. The molecule has 1 atom stereocenters. The van der Waals surface area contributed by atoms with Gasteiger partial charge in [-0.05, 0) is 26.0 Å². The van der Waals surface area contributed by atoms with Crippen LogP contribution in [0.25, 0.3) is 0 Å². The summed E-state index contributed by atoms with van der Waals surface area (Å²) in [4.78, 5) is 11.6. The van der Waals surface area contributed by atoms with Crippen LogP contribution in [0.15, 0.2) is 22.8 Å². The number of carbonyl (C=O) groups excluding carboxylic acids is 1. The number of furan rings is 1. The number of nitrogens with zero attached hydrogens (tertiary/aromatic N) is 2. The Labute approximate surface area is 108 Å². The summed E-state index contributed by atoms with van der Waals surface area (Å²) in [6.45, 7) is 3.74. The van der Waals surface area contributed by atoms with Crippen LogP contribution in [0.4, 0.5) is 9.93 Å². The lowest BCUT2D eigenvalue weighted by Crippen LogP contribution is -2.37. The molecule has 6 nitrogen and oxygen atoms in total. The molecule has 7 heteroatoms. The summed E-state index contributed by atoms with van der Waals surface area (Å²) in [5.74, 6) is 0.842. The van der Waals surface area contributed by atoms with Crippen molar-refractivity contribution in [3.63, 3.8) is 0 Å². The normalized spacial score (nSPS) is 12.1. The van der Waals surface area contributed by atoms with Crippen molar-refractivity contribution in [2.24, 2.45) is 0 Å². The van der Waals surface area contributed by atoms with Gasteiger partial charge in [-0.15, -0.1) is 10.2 Å². The maximum atomic E-state index is 11.6. The number of aryl methyl sites for hydroxylation is 1. The molecule has 0 aliphatic carbocycles. The van der Waals surface area contributed by atoms with E-state index in [-0.39, 0.29) is 12.1 Å². The number of carbonyl (C=O) groups is 1. The highest BCUT2D eigenvalue weighted by molar-refractivity contribution is 7.15. The summed E-state index contributed by atoms with van der Waals surface area (Å²) in [6, 6.07) is 3.39. The Morgan fingerprint density at radius 1 is 1.56 bits per heavy atom. The van der Waals surface area contributed by atoms with E-state index in [1.165, 1.54) is 11.3 Å². The maximum Gasteiger partial charge on any atom is 0.321 e. The van der Waals surface area contributed by atoms with Gasteiger partial charge in [0.25, 0.3) is 0 Å². The van der Waals surface area contributed by atoms with Gasteiger partial charge in [-0.3, -0.25) is 5.32 Å². The number of rotatable bonds is 4. The average molecular weight is 266 g/mol. The van der Waals surface area contributed by atoms with Gasteiger partial charge in [-0.25, -0.2) is 4.79 Å². The van der Waals surface area contributed by atoms with Crippen LogP contribution in [0, 0.1) is 6.92 Å². The van der Waals surface area contributed by atoms with Crippen molar-refractivity contribution in [2.45, 2.75) is 26.3 Å². The second-order valence-electron chi connectivity index (χ2n) is 3.91. The van der Waals surface area contributed by atoms with Crippen LogP contribution in [0.2, 0.25) is 0 Å². The van der Waals surface area contributed by atoms with Crippen molar-refractivity contribution in [3.05, 3.63) is 29.2 Å². The average Bonchev–Trinajstić information content (AvgIpc) is 2.90. The van der Waals surface area contributed by atoms with E-state index in [4.69, 9.17) is 4.42 Å². The second-order valence-corrected chi connectivity index (χ2v) is 5.09. The molecule has 2 aromatic heterocycles. The fourth-order valence-electron chi connectivity index (χ4n) is 1.49. The van der Waals surface area contributed by atoms with Crippen LogP contribution in [0.3, 0.4) is 0 Å². The van der Waals surface area contributed by atoms with Crippen molar-refractivity contribution < 1.29 is 9.21 Å². The number of aromatic nitrogens is 2. The first-order valence-electron chi connectivity index (χ1n) is 5.53. The minimum absolute atomic E-state index is 0.0230. The number of nitrogens with one attached hydrogen (secondary N) is 2. The van der Waals surface area contributed by atoms with E-state index in [0.29, 0.717) is 11.6 Å². The Hall–Kier alpha value is -1.89. The van der Waals surface area contributed by atoms with Gasteiger partial charge in [0.1, 0.15) is 10.8 Å². The molecule has 2 heterocycles. The van der Waals surface area contributed by atoms with E-state index in [0.717, 1.165) is 10.8 Å². The second kappa shape index (κ2) is 5.63. The molecular formula is C11H14N4O2S. The van der Waals surface area contributed by atoms with Crippen molar-refractivity contribution in [1.82, 2.24) is 15.5 Å². The number of hydrogen-bond acceptors (Lipinski definition) is 5. The zero-order valence-electron chi connectivity index (χ0n) is 10.1. The molecule has 18 heavy (non-hydrogen) atoms. The first-order valence-corrected chi connectivity index (χ1v) is 6.35. The van der Waals surface area contributed by atoms with Gasteiger partial charge in [0.15, 0.2) is 0 Å². The first kappa shape index (κ1) is 12.6. The van der Waals surface area contributed by atoms with E-state index in [1.807, 2.05) is 26.0 Å². The molecule has 0 unspecified atom stereocenters. The van der Waals surface area contributed by atoms with Crippen molar-refractivity contribution in [2.75, 3.05) is 5.32 Å². The molecule has 0 fully saturated rings. The van der Waals surface area contributed by atoms with Gasteiger partial charge in [0.05, 0.1) is 6.26 Å². The minimum atomic E-state index is -0.287. The van der Waals surface area contributed by atoms with Crippen LogP contribution in [-0.4, -0.2) is 22.3 Å². The molecular weight excluding hydrogens is 252 g/mol. The molecule has 2 amide bonds. The van der Waals surface area contributed by atoms with Crippen LogP contribution >= 0.6 is 11.3 Å². The summed E-state index contributed by atoms with van der Waals surface area (Å²) in [5.41, 5.74) is 0. The molecule has 0 aliphatic heterocycles. The van der Waals surface area contributed by atoms with Crippen LogP contribution in [-0.2, 0) is 6.42 Å². The van der Waals surface area contributed by atoms with Crippen molar-refractivity contribution in [1.29, 1.82) is 0 Å². The smallest absolute Gasteiger partial charge is 0.321 e. The topological polar surface area (TPSA) is 80.0 Å². The lowest BCUT2D eigenvalue weighted by Gasteiger charge is -2.12. The summed E-state index contributed by atoms with van der Waals surface area (Å²) in [5, 5.41) is 14.4. The number of amides is 2. The van der Waals surface area contributed by atoms with Gasteiger partial charge >= 0.3 is 6.03 Å². The Balaban J connectivity index is 1.80. The molecule has 0 aliphatic rings. The van der Waals surface area contributed by atoms with Crippen LogP contribution < -0.4 is 10.6 Å². The van der Waals surface area contributed by atoms with Gasteiger partial charge in [-0.1, -0.05) is 11.3 Å². The summed E-state index contributed by atoms with van der Waals surface area (Å²) < 4.78 is 5.22. The highest BCUT2D eigenvalue weighted by Gasteiger charge is 2.11. The Bertz CT molecular complexity index is 509. The molecule has 2 rings (SSSR count). The largest absolute Gasteiger partial charge is 0.469 e. The molecule has 96 valence electrons. The first-order chi connectivity index (χ1) is 8.63. The van der Waals surface area contributed by atoms with Crippen LogP contribution in [0.1, 0.15) is 17.7 Å². The third-order valence-electron chi connectivity index (χ3n) is 2.21. The molecule has 0 saturated heterocycles. The molecule has 0 saturated carbocycles. The quantitative estimate of drug-likeness (QED) is 0.889. The Morgan fingerprint density at radius 2 is 2.39 bits per heavy atom. The van der Waals surface area contributed by atoms with Gasteiger partial charge in [-0.2, -0.15) is 0 Å². The van der Waals surface area contributed by atoms with E-state index in [1.54, 1.807) is 6.26 Å². The summed E-state index contributed by atoms with van der Waals surface area (Å²) >= 11 is 1.34. The molecule has 2 aromatic rings. The lowest BCUT2D eigenvalue weighted by atomic mass is 10.2. The van der Waals surface area contributed by atoms with Crippen molar-refractivity contribution in [3.8, 4) is 0 Å². The fourth-order valence-corrected chi connectivity index (χ4v) is 2.07. The van der Waals surface area contributed by atoms with E-state index >= 15 is 0 Å². The number of urea groups is 1. The zero-order valence-corrected chi connectivity index (χ0v) is 11.0. The predicted molar refractivity (Wildman–Crippen MR) is 68.7 cm³/mol. The third kappa shape index (κ3) is 3.56. The fraction of sp³-hybridized carbons (Fsp3) is 0.364. The molecule has 0 spiro atoms. The highest BCUT2D eigenvalue weighted by Crippen LogP contribution is 2.13. The van der Waals surface area contributed by atoms with E-state index in [2.05, 4.69) is 20.8 Å². The Morgan fingerprint density at radius 3 is 3.00 bits per heavy atom.